The topological polar surface area (TPSA) is 81.9 Å². The molecular formula is C15H22N2O4. The molecule has 0 spiro atoms. The van der Waals surface area contributed by atoms with Gasteiger partial charge in [-0.2, -0.15) is 0 Å². The van der Waals surface area contributed by atoms with Crippen LogP contribution in [0.1, 0.15) is 24.2 Å². The number of hydrogen-bond donors (Lipinski definition) is 1. The van der Waals surface area contributed by atoms with E-state index in [4.69, 9.17) is 10.5 Å². The number of carbonyl (C=O) groups excluding carboxylic acids is 2. The predicted molar refractivity (Wildman–Crippen MR) is 81.3 cm³/mol. The summed E-state index contributed by atoms with van der Waals surface area (Å²) in [6.45, 7) is 3.23. The summed E-state index contributed by atoms with van der Waals surface area (Å²) in [5, 5.41) is 0. The lowest BCUT2D eigenvalue weighted by atomic mass is 9.95. The van der Waals surface area contributed by atoms with Crippen molar-refractivity contribution in [3.8, 4) is 0 Å². The molecule has 6 nitrogen and oxygen atoms in total. The molecule has 0 unspecified atom stereocenters. The number of ether oxygens (including phenoxy) is 2. The minimum Gasteiger partial charge on any atom is -0.469 e. The van der Waals surface area contributed by atoms with Crippen molar-refractivity contribution >= 4 is 23.3 Å². The standard InChI is InChI=1S/C15H22N2O4/c1-15(2,14(19)20-5)9-21-13(18)11-8-10(16)6-7-12(11)17(3)4/h6-8H,9,16H2,1-5H3. The van der Waals surface area contributed by atoms with E-state index < -0.39 is 17.4 Å². The third kappa shape index (κ3) is 4.11. The SMILES string of the molecule is COC(=O)C(C)(C)COC(=O)c1cc(N)ccc1N(C)C. The van der Waals surface area contributed by atoms with Crippen molar-refractivity contribution in [1.82, 2.24) is 0 Å². The van der Waals surface area contributed by atoms with Crippen LogP contribution in [0.4, 0.5) is 11.4 Å². The van der Waals surface area contributed by atoms with Gasteiger partial charge in [0.25, 0.3) is 0 Å². The molecule has 21 heavy (non-hydrogen) atoms. The molecule has 1 aromatic carbocycles. The van der Waals surface area contributed by atoms with Gasteiger partial charge in [-0.05, 0) is 32.0 Å². The third-order valence-corrected chi connectivity index (χ3v) is 3.02. The Hall–Kier alpha value is -2.24. The van der Waals surface area contributed by atoms with E-state index >= 15 is 0 Å². The van der Waals surface area contributed by atoms with Gasteiger partial charge >= 0.3 is 11.9 Å². The van der Waals surface area contributed by atoms with Crippen molar-refractivity contribution in [2.45, 2.75) is 13.8 Å². The Labute approximate surface area is 124 Å². The molecule has 0 bridgehead atoms. The molecule has 0 amide bonds. The second-order valence-corrected chi connectivity index (χ2v) is 5.62. The highest BCUT2D eigenvalue weighted by molar-refractivity contribution is 5.97. The summed E-state index contributed by atoms with van der Waals surface area (Å²) in [5.41, 5.74) is 6.35. The zero-order valence-corrected chi connectivity index (χ0v) is 13.1. The number of nitrogen functional groups attached to an aromatic ring is 1. The molecule has 0 aromatic heterocycles. The molecule has 0 aliphatic heterocycles. The van der Waals surface area contributed by atoms with Crippen LogP contribution in [0.3, 0.4) is 0 Å². The Balaban J connectivity index is 2.90. The first kappa shape index (κ1) is 16.8. The summed E-state index contributed by atoms with van der Waals surface area (Å²) in [6, 6.07) is 5.02. The van der Waals surface area contributed by atoms with E-state index in [1.807, 2.05) is 14.1 Å². The Kier molecular flexibility index (Phi) is 5.18. The van der Waals surface area contributed by atoms with Crippen LogP contribution in [-0.2, 0) is 14.3 Å². The third-order valence-electron chi connectivity index (χ3n) is 3.02. The molecular weight excluding hydrogens is 272 g/mol. The molecule has 0 saturated carbocycles. The lowest BCUT2D eigenvalue weighted by Gasteiger charge is -2.22. The smallest absolute Gasteiger partial charge is 0.340 e. The van der Waals surface area contributed by atoms with Crippen LogP contribution in [0, 0.1) is 5.41 Å². The Morgan fingerprint density at radius 3 is 2.43 bits per heavy atom. The molecule has 0 radical (unpaired) electrons. The monoisotopic (exact) mass is 294 g/mol. The molecule has 116 valence electrons. The lowest BCUT2D eigenvalue weighted by molar-refractivity contribution is -0.152. The summed E-state index contributed by atoms with van der Waals surface area (Å²) in [6.07, 6.45) is 0. The highest BCUT2D eigenvalue weighted by Crippen LogP contribution is 2.24. The molecule has 0 aliphatic rings. The molecule has 0 aliphatic carbocycles. The number of hydrogen-bond acceptors (Lipinski definition) is 6. The number of methoxy groups -OCH3 is 1. The van der Waals surface area contributed by atoms with Crippen LogP contribution in [0.25, 0.3) is 0 Å². The van der Waals surface area contributed by atoms with Crippen molar-refractivity contribution in [3.05, 3.63) is 23.8 Å². The molecule has 0 saturated heterocycles. The molecule has 1 aromatic rings. The second-order valence-electron chi connectivity index (χ2n) is 5.62. The van der Waals surface area contributed by atoms with E-state index in [1.165, 1.54) is 7.11 Å². The summed E-state index contributed by atoms with van der Waals surface area (Å²) in [7, 11) is 4.94. The van der Waals surface area contributed by atoms with Crippen molar-refractivity contribution in [2.75, 3.05) is 38.4 Å². The summed E-state index contributed by atoms with van der Waals surface area (Å²) in [5.74, 6) is -0.960. The van der Waals surface area contributed by atoms with Gasteiger partial charge in [-0.25, -0.2) is 4.79 Å². The van der Waals surface area contributed by atoms with E-state index in [9.17, 15) is 9.59 Å². The number of rotatable bonds is 5. The molecule has 2 N–H and O–H groups in total. The summed E-state index contributed by atoms with van der Waals surface area (Å²) >= 11 is 0. The largest absolute Gasteiger partial charge is 0.469 e. The minimum absolute atomic E-state index is 0.0693. The fourth-order valence-electron chi connectivity index (χ4n) is 1.77. The zero-order valence-electron chi connectivity index (χ0n) is 13.1. The van der Waals surface area contributed by atoms with Crippen LogP contribution in [0.5, 0.6) is 0 Å². The van der Waals surface area contributed by atoms with Crippen LogP contribution >= 0.6 is 0 Å². The van der Waals surface area contributed by atoms with Crippen LogP contribution in [-0.4, -0.2) is 39.8 Å². The van der Waals surface area contributed by atoms with Crippen molar-refractivity contribution < 1.29 is 19.1 Å². The molecule has 1 rings (SSSR count). The average molecular weight is 294 g/mol. The zero-order chi connectivity index (χ0) is 16.2. The number of esters is 2. The van der Waals surface area contributed by atoms with Crippen LogP contribution < -0.4 is 10.6 Å². The second kappa shape index (κ2) is 6.47. The summed E-state index contributed by atoms with van der Waals surface area (Å²) < 4.78 is 9.92. The van der Waals surface area contributed by atoms with Gasteiger partial charge in [-0.15, -0.1) is 0 Å². The van der Waals surface area contributed by atoms with Gasteiger partial charge < -0.3 is 20.1 Å². The summed E-state index contributed by atoms with van der Waals surface area (Å²) in [4.78, 5) is 25.6. The predicted octanol–water partition coefficient (Wildman–Crippen LogP) is 1.69. The minimum atomic E-state index is -0.900. The van der Waals surface area contributed by atoms with Gasteiger partial charge in [-0.3, -0.25) is 4.79 Å². The van der Waals surface area contributed by atoms with E-state index in [0.717, 1.165) is 0 Å². The number of anilines is 2. The first-order valence-electron chi connectivity index (χ1n) is 6.51. The maximum absolute atomic E-state index is 12.2. The van der Waals surface area contributed by atoms with Gasteiger partial charge in [0.1, 0.15) is 6.61 Å². The molecule has 0 atom stereocenters. The van der Waals surface area contributed by atoms with Crippen molar-refractivity contribution in [2.24, 2.45) is 5.41 Å². The molecule has 0 heterocycles. The fraction of sp³-hybridized carbons (Fsp3) is 0.467. The highest BCUT2D eigenvalue weighted by atomic mass is 16.5. The van der Waals surface area contributed by atoms with E-state index in [-0.39, 0.29) is 6.61 Å². The first-order valence-corrected chi connectivity index (χ1v) is 6.51. The highest BCUT2D eigenvalue weighted by Gasteiger charge is 2.31. The van der Waals surface area contributed by atoms with E-state index in [1.54, 1.807) is 36.9 Å². The Bertz CT molecular complexity index is 538. The van der Waals surface area contributed by atoms with Crippen LogP contribution in [0.15, 0.2) is 18.2 Å². The fourth-order valence-corrected chi connectivity index (χ4v) is 1.77. The van der Waals surface area contributed by atoms with Gasteiger partial charge in [-0.1, -0.05) is 0 Å². The number of nitrogens with zero attached hydrogens (tertiary/aromatic N) is 1. The Morgan fingerprint density at radius 1 is 1.29 bits per heavy atom. The van der Waals surface area contributed by atoms with E-state index in [0.29, 0.717) is 16.9 Å². The van der Waals surface area contributed by atoms with Crippen molar-refractivity contribution in [1.29, 1.82) is 0 Å². The maximum Gasteiger partial charge on any atom is 0.340 e. The number of carbonyl (C=O) groups is 2. The first-order chi connectivity index (χ1) is 9.69. The number of nitrogens with two attached hydrogens (primary N) is 1. The quantitative estimate of drug-likeness (QED) is 0.657. The number of benzene rings is 1. The molecule has 6 heteroatoms. The van der Waals surface area contributed by atoms with E-state index in [2.05, 4.69) is 4.74 Å². The average Bonchev–Trinajstić information content (AvgIpc) is 2.43. The molecule has 0 fully saturated rings. The maximum atomic E-state index is 12.2. The van der Waals surface area contributed by atoms with Gasteiger partial charge in [0.15, 0.2) is 0 Å². The lowest BCUT2D eigenvalue weighted by Crippen LogP contribution is -2.32. The van der Waals surface area contributed by atoms with Crippen molar-refractivity contribution in [3.63, 3.8) is 0 Å². The van der Waals surface area contributed by atoms with Gasteiger partial charge in [0.05, 0.1) is 23.8 Å². The normalized spacial score (nSPS) is 10.9. The van der Waals surface area contributed by atoms with Gasteiger partial charge in [0, 0.05) is 19.8 Å². The van der Waals surface area contributed by atoms with Crippen LogP contribution in [0.2, 0.25) is 0 Å². The Morgan fingerprint density at radius 2 is 1.90 bits per heavy atom. The van der Waals surface area contributed by atoms with Gasteiger partial charge in [0.2, 0.25) is 0 Å².